The molecule has 2 atom stereocenters. The molecule has 0 bridgehead atoms. The molecule has 2 aliphatic carbocycles. The molecule has 0 radical (unpaired) electrons. The van der Waals surface area contributed by atoms with Gasteiger partial charge in [0.25, 0.3) is 5.69 Å². The highest BCUT2D eigenvalue weighted by molar-refractivity contribution is 9.09. The fourth-order valence-corrected chi connectivity index (χ4v) is 4.65. The maximum absolute atomic E-state index is 10.9. The Kier molecular flexibility index (Phi) is 3.82. The van der Waals surface area contributed by atoms with Gasteiger partial charge < -0.3 is 9.47 Å². The molecule has 1 aromatic carbocycles. The lowest BCUT2D eigenvalue weighted by Crippen LogP contribution is -2.55. The zero-order chi connectivity index (χ0) is 15.0. The third-order valence-corrected chi connectivity index (χ3v) is 6.13. The molecular weight excluding hydrogens is 338 g/mol. The van der Waals surface area contributed by atoms with Gasteiger partial charge in [-0.2, -0.15) is 0 Å². The van der Waals surface area contributed by atoms with Gasteiger partial charge in [0.15, 0.2) is 11.5 Å². The van der Waals surface area contributed by atoms with Crippen LogP contribution >= 0.6 is 15.9 Å². The number of methoxy groups -OCH3 is 1. The Labute approximate surface area is 131 Å². The fraction of sp³-hybridized carbons (Fsp3) is 0.600. The van der Waals surface area contributed by atoms with E-state index in [1.807, 2.05) is 0 Å². The number of nitrogens with zero attached hydrogens (tertiary/aromatic N) is 1. The van der Waals surface area contributed by atoms with E-state index in [-0.39, 0.29) is 17.2 Å². The average molecular weight is 356 g/mol. The number of nitro benzene ring substituents is 1. The van der Waals surface area contributed by atoms with Crippen molar-refractivity contribution in [1.29, 1.82) is 0 Å². The molecule has 0 aromatic heterocycles. The van der Waals surface area contributed by atoms with Crippen molar-refractivity contribution in [3.05, 3.63) is 28.3 Å². The average Bonchev–Trinajstić information content (AvgIpc) is 2.99. The third kappa shape index (κ3) is 2.39. The van der Waals surface area contributed by atoms with Crippen molar-refractivity contribution >= 4 is 21.6 Å². The molecule has 114 valence electrons. The lowest BCUT2D eigenvalue weighted by Gasteiger charge is -2.51. The summed E-state index contributed by atoms with van der Waals surface area (Å²) in [7, 11) is 1.55. The van der Waals surface area contributed by atoms with Crippen molar-refractivity contribution in [3.8, 4) is 11.5 Å². The molecule has 1 spiro atoms. The summed E-state index contributed by atoms with van der Waals surface area (Å²) in [6.45, 7) is 0. The number of benzene rings is 1. The minimum Gasteiger partial charge on any atom is -0.493 e. The molecule has 0 N–H and O–H groups in total. The van der Waals surface area contributed by atoms with Crippen molar-refractivity contribution in [2.24, 2.45) is 5.41 Å². The summed E-state index contributed by atoms with van der Waals surface area (Å²) in [4.78, 5) is 11.0. The molecular formula is C15H18BrNO4. The Hall–Kier alpha value is -1.30. The first-order chi connectivity index (χ1) is 10.1. The summed E-state index contributed by atoms with van der Waals surface area (Å²) < 4.78 is 11.4. The van der Waals surface area contributed by atoms with E-state index < -0.39 is 4.92 Å². The summed E-state index contributed by atoms with van der Waals surface area (Å²) in [5.41, 5.74) is 0.219. The predicted molar refractivity (Wildman–Crippen MR) is 82.3 cm³/mol. The van der Waals surface area contributed by atoms with Crippen LogP contribution < -0.4 is 9.47 Å². The Morgan fingerprint density at radius 2 is 2.05 bits per heavy atom. The van der Waals surface area contributed by atoms with Crippen LogP contribution in [0.4, 0.5) is 5.69 Å². The van der Waals surface area contributed by atoms with Crippen molar-refractivity contribution in [1.82, 2.24) is 0 Å². The second-order valence-corrected chi connectivity index (χ2v) is 6.95. The van der Waals surface area contributed by atoms with Crippen LogP contribution in [0, 0.1) is 15.5 Å². The van der Waals surface area contributed by atoms with Crippen LogP contribution in [-0.4, -0.2) is 23.0 Å². The highest BCUT2D eigenvalue weighted by Crippen LogP contribution is 2.58. The molecule has 0 heterocycles. The first-order valence-electron chi connectivity index (χ1n) is 7.20. The number of hydrogen-bond donors (Lipinski definition) is 0. The molecule has 2 aliphatic rings. The highest BCUT2D eigenvalue weighted by atomic mass is 79.9. The molecule has 0 aliphatic heterocycles. The third-order valence-electron chi connectivity index (χ3n) is 4.85. The fourth-order valence-electron chi connectivity index (χ4n) is 3.56. The number of halogens is 1. The van der Waals surface area contributed by atoms with Crippen molar-refractivity contribution in [2.75, 3.05) is 7.11 Å². The minimum absolute atomic E-state index is 0.0287. The standard InChI is InChI=1S/C15H18BrNO4/c1-20-11-5-4-10(17(18)19)8-12(11)21-14-9-13(16)15(14)6-2-3-7-15/h4-5,8,13-14H,2-3,6-7,9H2,1H3. The van der Waals surface area contributed by atoms with Gasteiger partial charge in [-0.05, 0) is 25.3 Å². The van der Waals surface area contributed by atoms with Crippen LogP contribution in [0.25, 0.3) is 0 Å². The molecule has 2 fully saturated rings. The number of non-ortho nitro benzene ring substituents is 1. The number of nitro groups is 1. The van der Waals surface area contributed by atoms with Crippen molar-refractivity contribution in [2.45, 2.75) is 43.0 Å². The molecule has 5 nitrogen and oxygen atoms in total. The zero-order valence-corrected chi connectivity index (χ0v) is 13.5. The maximum Gasteiger partial charge on any atom is 0.273 e. The van der Waals surface area contributed by atoms with E-state index in [0.717, 1.165) is 19.3 Å². The van der Waals surface area contributed by atoms with E-state index in [2.05, 4.69) is 15.9 Å². The van der Waals surface area contributed by atoms with E-state index in [9.17, 15) is 10.1 Å². The van der Waals surface area contributed by atoms with Crippen molar-refractivity contribution < 1.29 is 14.4 Å². The maximum atomic E-state index is 10.9. The number of ether oxygens (including phenoxy) is 2. The van der Waals surface area contributed by atoms with Gasteiger partial charge in [0, 0.05) is 16.3 Å². The van der Waals surface area contributed by atoms with Gasteiger partial charge in [-0.1, -0.05) is 28.8 Å². The molecule has 0 saturated heterocycles. The monoisotopic (exact) mass is 355 g/mol. The van der Waals surface area contributed by atoms with Crippen molar-refractivity contribution in [3.63, 3.8) is 0 Å². The Bertz CT molecular complexity index is 557. The molecule has 0 amide bonds. The number of hydrogen-bond acceptors (Lipinski definition) is 4. The van der Waals surface area contributed by atoms with E-state index in [4.69, 9.17) is 9.47 Å². The first-order valence-corrected chi connectivity index (χ1v) is 8.11. The summed E-state index contributed by atoms with van der Waals surface area (Å²) >= 11 is 3.75. The highest BCUT2D eigenvalue weighted by Gasteiger charge is 2.56. The lowest BCUT2D eigenvalue weighted by atomic mass is 9.64. The predicted octanol–water partition coefficient (Wildman–Crippen LogP) is 4.08. The lowest BCUT2D eigenvalue weighted by molar-refractivity contribution is -0.385. The SMILES string of the molecule is COc1ccc([N+](=O)[O-])cc1OC1CC(Br)C12CCCC2. The van der Waals surface area contributed by atoms with Gasteiger partial charge in [0.05, 0.1) is 18.1 Å². The van der Waals surface area contributed by atoms with E-state index >= 15 is 0 Å². The van der Waals surface area contributed by atoms with Gasteiger partial charge in [0.2, 0.25) is 0 Å². The molecule has 1 aromatic rings. The zero-order valence-electron chi connectivity index (χ0n) is 11.9. The van der Waals surface area contributed by atoms with Crippen LogP contribution in [0.5, 0.6) is 11.5 Å². The largest absolute Gasteiger partial charge is 0.493 e. The molecule has 3 rings (SSSR count). The van der Waals surface area contributed by atoms with Gasteiger partial charge in [-0.3, -0.25) is 10.1 Å². The van der Waals surface area contributed by atoms with Gasteiger partial charge >= 0.3 is 0 Å². The molecule has 2 saturated carbocycles. The Morgan fingerprint density at radius 1 is 1.33 bits per heavy atom. The quantitative estimate of drug-likeness (QED) is 0.463. The summed E-state index contributed by atoms with van der Waals surface area (Å²) in [6.07, 6.45) is 5.82. The first kappa shape index (κ1) is 14.6. The second kappa shape index (κ2) is 5.48. The number of alkyl halides is 1. The van der Waals surface area contributed by atoms with Crippen LogP contribution in [-0.2, 0) is 0 Å². The minimum atomic E-state index is -0.411. The number of rotatable bonds is 4. The molecule has 6 heteroatoms. The van der Waals surface area contributed by atoms with Gasteiger partial charge in [-0.25, -0.2) is 0 Å². The summed E-state index contributed by atoms with van der Waals surface area (Å²) in [6, 6.07) is 4.49. The van der Waals surface area contributed by atoms with Crippen LogP contribution in [0.2, 0.25) is 0 Å². The second-order valence-electron chi connectivity index (χ2n) is 5.84. The van der Waals surface area contributed by atoms with Crippen LogP contribution in [0.15, 0.2) is 18.2 Å². The summed E-state index contributed by atoms with van der Waals surface area (Å²) in [5, 5.41) is 10.9. The van der Waals surface area contributed by atoms with E-state index in [1.54, 1.807) is 13.2 Å². The molecule has 2 unspecified atom stereocenters. The van der Waals surface area contributed by atoms with Crippen LogP contribution in [0.1, 0.15) is 32.1 Å². The van der Waals surface area contributed by atoms with Crippen LogP contribution in [0.3, 0.4) is 0 Å². The van der Waals surface area contributed by atoms with Gasteiger partial charge in [-0.15, -0.1) is 0 Å². The van der Waals surface area contributed by atoms with E-state index in [1.165, 1.54) is 25.0 Å². The van der Waals surface area contributed by atoms with E-state index in [0.29, 0.717) is 16.3 Å². The van der Waals surface area contributed by atoms with Gasteiger partial charge in [0.1, 0.15) is 6.10 Å². The Morgan fingerprint density at radius 3 is 2.62 bits per heavy atom. The summed E-state index contributed by atoms with van der Waals surface area (Å²) in [5.74, 6) is 1.02. The molecule has 21 heavy (non-hydrogen) atoms. The Balaban J connectivity index is 1.84. The smallest absolute Gasteiger partial charge is 0.273 e. The normalized spacial score (nSPS) is 26.4. The topological polar surface area (TPSA) is 61.6 Å².